The normalized spacial score (nSPS) is 24.5. The summed E-state index contributed by atoms with van der Waals surface area (Å²) in [7, 11) is 1.51. The first kappa shape index (κ1) is 7.98. The zero-order valence-electron chi connectivity index (χ0n) is 6.76. The molecule has 0 aromatic rings. The molecule has 1 fully saturated rings. The number of hydrogen-bond donors (Lipinski definition) is 0. The van der Waals surface area contributed by atoms with Gasteiger partial charge in [-0.2, -0.15) is 0 Å². The van der Waals surface area contributed by atoms with Crippen LogP contribution in [0.1, 0.15) is 13.3 Å². The lowest BCUT2D eigenvalue weighted by Gasteiger charge is -2.07. The van der Waals surface area contributed by atoms with Crippen molar-refractivity contribution >= 4 is 11.8 Å². The standard InChI is InChI=1S/C8H11NO2/c1-5(2)6-4-7(10)9(3)8(6)11/h6H,1,4H2,2-3H3. The molecule has 1 aliphatic rings. The molecule has 0 aromatic carbocycles. The van der Waals surface area contributed by atoms with E-state index >= 15 is 0 Å². The molecule has 3 nitrogen and oxygen atoms in total. The molecule has 1 heterocycles. The lowest BCUT2D eigenvalue weighted by atomic mass is 10.0. The van der Waals surface area contributed by atoms with E-state index in [4.69, 9.17) is 0 Å². The summed E-state index contributed by atoms with van der Waals surface area (Å²) in [5.74, 6) is -0.502. The van der Waals surface area contributed by atoms with Crippen LogP contribution < -0.4 is 0 Å². The van der Waals surface area contributed by atoms with Gasteiger partial charge in [-0.15, -0.1) is 0 Å². The van der Waals surface area contributed by atoms with Gasteiger partial charge in [-0.25, -0.2) is 0 Å². The fraction of sp³-hybridized carbons (Fsp3) is 0.500. The molecule has 1 aliphatic heterocycles. The maximum Gasteiger partial charge on any atom is 0.236 e. The van der Waals surface area contributed by atoms with Crippen LogP contribution in [-0.2, 0) is 9.59 Å². The van der Waals surface area contributed by atoms with Gasteiger partial charge < -0.3 is 0 Å². The summed E-state index contributed by atoms with van der Waals surface area (Å²) < 4.78 is 0. The van der Waals surface area contributed by atoms with Crippen molar-refractivity contribution in [2.45, 2.75) is 13.3 Å². The average molecular weight is 153 g/mol. The maximum absolute atomic E-state index is 11.2. The van der Waals surface area contributed by atoms with Crippen LogP contribution >= 0.6 is 0 Å². The fourth-order valence-electron chi connectivity index (χ4n) is 1.14. The lowest BCUT2D eigenvalue weighted by molar-refractivity contribution is -0.137. The predicted molar refractivity (Wildman–Crippen MR) is 40.7 cm³/mol. The molecular weight excluding hydrogens is 142 g/mol. The minimum Gasteiger partial charge on any atom is -0.285 e. The molecule has 1 rings (SSSR count). The Morgan fingerprint density at radius 3 is 2.36 bits per heavy atom. The molecule has 60 valence electrons. The fourth-order valence-corrected chi connectivity index (χ4v) is 1.14. The summed E-state index contributed by atoms with van der Waals surface area (Å²) in [6.07, 6.45) is 0.296. The van der Waals surface area contributed by atoms with Gasteiger partial charge in [0, 0.05) is 13.5 Å². The van der Waals surface area contributed by atoms with Crippen molar-refractivity contribution in [2.24, 2.45) is 5.92 Å². The second-order valence-corrected chi connectivity index (χ2v) is 2.89. The van der Waals surface area contributed by atoms with Crippen molar-refractivity contribution in [3.63, 3.8) is 0 Å². The van der Waals surface area contributed by atoms with Gasteiger partial charge in [-0.3, -0.25) is 14.5 Å². The first-order valence-corrected chi connectivity index (χ1v) is 3.50. The molecule has 0 saturated carbocycles. The Bertz CT molecular complexity index is 232. The van der Waals surface area contributed by atoms with Crippen LogP contribution in [0.2, 0.25) is 0 Å². The van der Waals surface area contributed by atoms with Crippen LogP contribution in [0, 0.1) is 5.92 Å². The predicted octanol–water partition coefficient (Wildman–Crippen LogP) is 0.567. The molecule has 0 aromatic heterocycles. The number of amides is 2. The third-order valence-corrected chi connectivity index (χ3v) is 1.98. The molecule has 1 unspecified atom stereocenters. The number of likely N-dealkylation sites (tertiary alicyclic amines) is 1. The SMILES string of the molecule is C=C(C)C1CC(=O)N(C)C1=O. The zero-order valence-corrected chi connectivity index (χ0v) is 6.76. The van der Waals surface area contributed by atoms with Crippen LogP contribution in [0.15, 0.2) is 12.2 Å². The van der Waals surface area contributed by atoms with E-state index in [9.17, 15) is 9.59 Å². The van der Waals surface area contributed by atoms with Gasteiger partial charge in [-0.1, -0.05) is 12.2 Å². The Morgan fingerprint density at radius 1 is 1.64 bits per heavy atom. The Hall–Kier alpha value is -1.12. The number of carbonyl (C=O) groups is 2. The second-order valence-electron chi connectivity index (χ2n) is 2.89. The largest absolute Gasteiger partial charge is 0.285 e. The van der Waals surface area contributed by atoms with Gasteiger partial charge in [0.1, 0.15) is 0 Å². The Kier molecular flexibility index (Phi) is 1.81. The Morgan fingerprint density at radius 2 is 2.18 bits per heavy atom. The van der Waals surface area contributed by atoms with Crippen molar-refractivity contribution in [1.29, 1.82) is 0 Å². The minimum absolute atomic E-state index is 0.108. The summed E-state index contributed by atoms with van der Waals surface area (Å²) in [5, 5.41) is 0. The van der Waals surface area contributed by atoms with Gasteiger partial charge in [0.15, 0.2) is 0 Å². The summed E-state index contributed by atoms with van der Waals surface area (Å²) in [6.45, 7) is 5.43. The Balaban J connectivity index is 2.83. The molecule has 2 amide bonds. The molecule has 1 saturated heterocycles. The van der Waals surface area contributed by atoms with Crippen LogP contribution in [0.3, 0.4) is 0 Å². The maximum atomic E-state index is 11.2. The number of nitrogens with zero attached hydrogens (tertiary/aromatic N) is 1. The van der Waals surface area contributed by atoms with Crippen molar-refractivity contribution < 1.29 is 9.59 Å². The van der Waals surface area contributed by atoms with E-state index in [0.29, 0.717) is 6.42 Å². The van der Waals surface area contributed by atoms with Crippen LogP contribution in [-0.4, -0.2) is 23.8 Å². The second kappa shape index (κ2) is 2.49. The smallest absolute Gasteiger partial charge is 0.236 e. The van der Waals surface area contributed by atoms with Gasteiger partial charge in [-0.05, 0) is 6.92 Å². The van der Waals surface area contributed by atoms with E-state index in [0.717, 1.165) is 5.57 Å². The van der Waals surface area contributed by atoms with Crippen LogP contribution in [0.5, 0.6) is 0 Å². The number of rotatable bonds is 1. The third kappa shape index (κ3) is 1.18. The van der Waals surface area contributed by atoms with Gasteiger partial charge in [0.05, 0.1) is 5.92 Å². The first-order chi connectivity index (χ1) is 5.04. The lowest BCUT2D eigenvalue weighted by Crippen LogP contribution is -2.25. The molecular formula is C8H11NO2. The Labute approximate surface area is 65.7 Å². The quantitative estimate of drug-likeness (QED) is 0.408. The van der Waals surface area contributed by atoms with E-state index in [1.807, 2.05) is 0 Å². The highest BCUT2D eigenvalue weighted by atomic mass is 16.2. The van der Waals surface area contributed by atoms with Crippen molar-refractivity contribution in [3.8, 4) is 0 Å². The van der Waals surface area contributed by atoms with Crippen LogP contribution in [0.4, 0.5) is 0 Å². The zero-order chi connectivity index (χ0) is 8.59. The molecule has 11 heavy (non-hydrogen) atoms. The summed E-state index contributed by atoms with van der Waals surface area (Å²) in [6, 6.07) is 0. The summed E-state index contributed by atoms with van der Waals surface area (Å²) in [5.41, 5.74) is 0.771. The molecule has 0 aliphatic carbocycles. The van der Waals surface area contributed by atoms with E-state index in [1.165, 1.54) is 11.9 Å². The highest BCUT2D eigenvalue weighted by Crippen LogP contribution is 2.23. The van der Waals surface area contributed by atoms with Crippen LogP contribution in [0.25, 0.3) is 0 Å². The number of imide groups is 1. The summed E-state index contributed by atoms with van der Waals surface area (Å²) in [4.78, 5) is 23.3. The average Bonchev–Trinajstić information content (AvgIpc) is 2.17. The van der Waals surface area contributed by atoms with E-state index in [-0.39, 0.29) is 17.7 Å². The highest BCUT2D eigenvalue weighted by Gasteiger charge is 2.35. The molecule has 3 heteroatoms. The topological polar surface area (TPSA) is 37.4 Å². The molecule has 0 radical (unpaired) electrons. The van der Waals surface area contributed by atoms with E-state index in [2.05, 4.69) is 6.58 Å². The minimum atomic E-state index is -0.271. The van der Waals surface area contributed by atoms with Gasteiger partial charge >= 0.3 is 0 Å². The highest BCUT2D eigenvalue weighted by molar-refractivity contribution is 6.04. The number of carbonyl (C=O) groups excluding carboxylic acids is 2. The molecule has 0 N–H and O–H groups in total. The first-order valence-electron chi connectivity index (χ1n) is 3.50. The van der Waals surface area contributed by atoms with Crippen molar-refractivity contribution in [2.75, 3.05) is 7.05 Å². The third-order valence-electron chi connectivity index (χ3n) is 1.98. The molecule has 1 atom stereocenters. The summed E-state index contributed by atoms with van der Waals surface area (Å²) >= 11 is 0. The number of hydrogen-bond acceptors (Lipinski definition) is 2. The molecule has 0 bridgehead atoms. The van der Waals surface area contributed by atoms with E-state index < -0.39 is 0 Å². The van der Waals surface area contributed by atoms with Gasteiger partial charge in [0.2, 0.25) is 11.8 Å². The molecule has 0 spiro atoms. The van der Waals surface area contributed by atoms with Gasteiger partial charge in [0.25, 0.3) is 0 Å². The van der Waals surface area contributed by atoms with Crippen molar-refractivity contribution in [1.82, 2.24) is 4.90 Å². The van der Waals surface area contributed by atoms with Crippen molar-refractivity contribution in [3.05, 3.63) is 12.2 Å². The monoisotopic (exact) mass is 153 g/mol. The van der Waals surface area contributed by atoms with E-state index in [1.54, 1.807) is 6.92 Å².